The summed E-state index contributed by atoms with van der Waals surface area (Å²) >= 11 is 1.70. The second kappa shape index (κ2) is 5.60. The van der Waals surface area contributed by atoms with E-state index in [1.807, 2.05) is 31.5 Å². The smallest absolute Gasteiger partial charge is 0.0907 e. The summed E-state index contributed by atoms with van der Waals surface area (Å²) < 4.78 is 2.94. The number of hydrogen-bond donors (Lipinski definition) is 2. The van der Waals surface area contributed by atoms with Gasteiger partial charge in [0.05, 0.1) is 34.6 Å². The number of aromatic nitrogens is 3. The summed E-state index contributed by atoms with van der Waals surface area (Å²) in [4.78, 5) is 4.45. The topological polar surface area (TPSA) is 63.0 Å². The first-order valence-corrected chi connectivity index (χ1v) is 7.29. The van der Waals surface area contributed by atoms with Gasteiger partial charge in [-0.25, -0.2) is 4.98 Å². The molecular weight excluding hydrogens is 272 g/mol. The van der Waals surface area contributed by atoms with Crippen LogP contribution in [-0.4, -0.2) is 26.5 Å². The molecule has 0 fully saturated rings. The van der Waals surface area contributed by atoms with Gasteiger partial charge in [-0.15, -0.1) is 11.3 Å². The van der Waals surface area contributed by atoms with Gasteiger partial charge in [-0.2, -0.15) is 5.10 Å². The van der Waals surface area contributed by atoms with Crippen LogP contribution in [0.25, 0.3) is 10.2 Å². The third-order valence-electron chi connectivity index (χ3n) is 3.01. The van der Waals surface area contributed by atoms with Crippen LogP contribution in [0.5, 0.6) is 0 Å². The Morgan fingerprint density at radius 3 is 3.15 bits per heavy atom. The molecule has 104 valence electrons. The van der Waals surface area contributed by atoms with Gasteiger partial charge in [0.2, 0.25) is 0 Å². The number of anilines is 1. The number of rotatable bonds is 5. The molecule has 0 radical (unpaired) electrons. The zero-order valence-electron chi connectivity index (χ0n) is 11.2. The molecule has 2 aromatic heterocycles. The van der Waals surface area contributed by atoms with Crippen molar-refractivity contribution in [2.45, 2.75) is 20.0 Å². The summed E-state index contributed by atoms with van der Waals surface area (Å²) in [7, 11) is 0. The molecule has 0 amide bonds. The van der Waals surface area contributed by atoms with Crippen molar-refractivity contribution < 1.29 is 5.11 Å². The van der Waals surface area contributed by atoms with Crippen molar-refractivity contribution >= 4 is 27.2 Å². The van der Waals surface area contributed by atoms with Crippen LogP contribution in [0.2, 0.25) is 0 Å². The lowest BCUT2D eigenvalue weighted by Gasteiger charge is -2.04. The van der Waals surface area contributed by atoms with Crippen molar-refractivity contribution in [1.29, 1.82) is 0 Å². The number of hydrogen-bond acceptors (Lipinski definition) is 5. The lowest BCUT2D eigenvalue weighted by atomic mass is 10.3. The summed E-state index contributed by atoms with van der Waals surface area (Å²) in [5.41, 5.74) is 3.23. The van der Waals surface area contributed by atoms with Gasteiger partial charge in [0.15, 0.2) is 0 Å². The van der Waals surface area contributed by atoms with Crippen LogP contribution in [0.15, 0.2) is 30.6 Å². The molecule has 0 spiro atoms. The van der Waals surface area contributed by atoms with E-state index in [1.54, 1.807) is 16.0 Å². The molecule has 0 atom stereocenters. The van der Waals surface area contributed by atoms with Gasteiger partial charge in [0.25, 0.3) is 0 Å². The van der Waals surface area contributed by atoms with Crippen molar-refractivity contribution in [3.05, 3.63) is 41.2 Å². The molecule has 3 aromatic rings. The Labute approximate surface area is 120 Å². The predicted octanol–water partition coefficient (Wildman–Crippen LogP) is 2.41. The summed E-state index contributed by atoms with van der Waals surface area (Å²) in [6.07, 6.45) is 3.76. The third-order valence-corrected chi connectivity index (χ3v) is 3.94. The molecule has 0 bridgehead atoms. The van der Waals surface area contributed by atoms with E-state index in [0.717, 1.165) is 21.8 Å². The number of nitrogens with zero attached hydrogens (tertiary/aromatic N) is 3. The Kier molecular flexibility index (Phi) is 3.66. The average molecular weight is 288 g/mol. The molecule has 0 aliphatic carbocycles. The second-order valence-corrected chi connectivity index (χ2v) is 5.84. The summed E-state index contributed by atoms with van der Waals surface area (Å²) in [6.45, 7) is 3.38. The standard InChI is InChI=1S/C14H16N4OS/c1-10-17-13-3-2-12(6-14(13)20-10)15-7-11-8-16-18(9-11)4-5-19/h2-3,6,8-9,15,19H,4-5,7H2,1H3. The summed E-state index contributed by atoms with van der Waals surface area (Å²) in [5.74, 6) is 0. The molecule has 20 heavy (non-hydrogen) atoms. The van der Waals surface area contributed by atoms with Gasteiger partial charge < -0.3 is 10.4 Å². The van der Waals surface area contributed by atoms with Crippen molar-refractivity contribution in [1.82, 2.24) is 14.8 Å². The Morgan fingerprint density at radius 2 is 2.30 bits per heavy atom. The molecule has 0 aliphatic heterocycles. The molecule has 0 saturated carbocycles. The Bertz CT molecular complexity index is 719. The first kappa shape index (κ1) is 13.1. The van der Waals surface area contributed by atoms with E-state index in [2.05, 4.69) is 21.5 Å². The molecule has 0 aliphatic rings. The van der Waals surface area contributed by atoms with Crippen molar-refractivity contribution in [3.8, 4) is 0 Å². The molecule has 1 aromatic carbocycles. The van der Waals surface area contributed by atoms with Gasteiger partial charge >= 0.3 is 0 Å². The summed E-state index contributed by atoms with van der Waals surface area (Å²) in [5, 5.41) is 17.5. The number of aryl methyl sites for hydroxylation is 1. The highest BCUT2D eigenvalue weighted by Crippen LogP contribution is 2.24. The summed E-state index contributed by atoms with van der Waals surface area (Å²) in [6, 6.07) is 6.20. The quantitative estimate of drug-likeness (QED) is 0.757. The molecule has 2 N–H and O–H groups in total. The normalized spacial score (nSPS) is 11.1. The SMILES string of the molecule is Cc1nc2ccc(NCc3cnn(CCO)c3)cc2s1. The number of thiazole rings is 1. The van der Waals surface area contributed by atoms with Gasteiger partial charge in [-0.3, -0.25) is 4.68 Å². The average Bonchev–Trinajstić information content (AvgIpc) is 3.01. The van der Waals surface area contributed by atoms with Crippen LogP contribution < -0.4 is 5.32 Å². The Morgan fingerprint density at radius 1 is 1.40 bits per heavy atom. The first-order chi connectivity index (χ1) is 9.74. The highest BCUT2D eigenvalue weighted by molar-refractivity contribution is 7.18. The number of aliphatic hydroxyl groups is 1. The molecule has 0 unspecified atom stereocenters. The predicted molar refractivity (Wildman–Crippen MR) is 81.0 cm³/mol. The fourth-order valence-corrected chi connectivity index (χ4v) is 2.94. The van der Waals surface area contributed by atoms with E-state index in [9.17, 15) is 0 Å². The van der Waals surface area contributed by atoms with E-state index in [0.29, 0.717) is 13.1 Å². The van der Waals surface area contributed by atoms with E-state index < -0.39 is 0 Å². The maximum absolute atomic E-state index is 8.86. The third kappa shape index (κ3) is 2.81. The minimum absolute atomic E-state index is 0.107. The van der Waals surface area contributed by atoms with Gasteiger partial charge in [-0.1, -0.05) is 0 Å². The number of aliphatic hydroxyl groups excluding tert-OH is 1. The zero-order valence-corrected chi connectivity index (χ0v) is 12.0. The molecule has 3 rings (SSSR count). The molecule has 6 heteroatoms. The fourth-order valence-electron chi connectivity index (χ4n) is 2.08. The van der Waals surface area contributed by atoms with Crippen LogP contribution in [0.3, 0.4) is 0 Å². The maximum Gasteiger partial charge on any atom is 0.0907 e. The molecular formula is C14H16N4OS. The highest BCUT2D eigenvalue weighted by atomic mass is 32.1. The number of benzene rings is 1. The number of nitrogens with one attached hydrogen (secondary N) is 1. The Hall–Kier alpha value is -1.92. The second-order valence-electron chi connectivity index (χ2n) is 4.60. The minimum Gasteiger partial charge on any atom is -0.394 e. The van der Waals surface area contributed by atoms with Crippen molar-refractivity contribution in [3.63, 3.8) is 0 Å². The van der Waals surface area contributed by atoms with Crippen LogP contribution in [-0.2, 0) is 13.1 Å². The lowest BCUT2D eigenvalue weighted by molar-refractivity contribution is 0.269. The van der Waals surface area contributed by atoms with Crippen LogP contribution >= 0.6 is 11.3 Å². The van der Waals surface area contributed by atoms with Crippen LogP contribution in [0.1, 0.15) is 10.6 Å². The van der Waals surface area contributed by atoms with E-state index in [4.69, 9.17) is 5.11 Å². The van der Waals surface area contributed by atoms with Crippen LogP contribution in [0, 0.1) is 6.92 Å². The highest BCUT2D eigenvalue weighted by Gasteiger charge is 2.02. The van der Waals surface area contributed by atoms with E-state index in [1.165, 1.54) is 4.70 Å². The zero-order chi connectivity index (χ0) is 13.9. The fraction of sp³-hybridized carbons (Fsp3) is 0.286. The maximum atomic E-state index is 8.86. The molecule has 0 saturated heterocycles. The molecule has 2 heterocycles. The first-order valence-electron chi connectivity index (χ1n) is 6.48. The Balaban J connectivity index is 1.69. The van der Waals surface area contributed by atoms with Gasteiger partial charge in [0, 0.05) is 24.0 Å². The lowest BCUT2D eigenvalue weighted by Crippen LogP contribution is -2.02. The van der Waals surface area contributed by atoms with Crippen molar-refractivity contribution in [2.75, 3.05) is 11.9 Å². The number of fused-ring (bicyclic) bond motifs is 1. The van der Waals surface area contributed by atoms with Crippen LogP contribution in [0.4, 0.5) is 5.69 Å². The minimum atomic E-state index is 0.107. The largest absolute Gasteiger partial charge is 0.394 e. The monoisotopic (exact) mass is 288 g/mol. The van der Waals surface area contributed by atoms with Crippen molar-refractivity contribution in [2.24, 2.45) is 0 Å². The van der Waals surface area contributed by atoms with Gasteiger partial charge in [-0.05, 0) is 25.1 Å². The van der Waals surface area contributed by atoms with Gasteiger partial charge in [0.1, 0.15) is 0 Å². The molecule has 5 nitrogen and oxygen atoms in total. The van der Waals surface area contributed by atoms with E-state index >= 15 is 0 Å². The van der Waals surface area contributed by atoms with E-state index in [-0.39, 0.29) is 6.61 Å².